The lowest BCUT2D eigenvalue weighted by Crippen LogP contribution is -2.04. The molecule has 0 aliphatic carbocycles. The van der Waals surface area contributed by atoms with Crippen LogP contribution in [0.2, 0.25) is 0 Å². The normalized spacial score (nSPS) is 11.2. The molecule has 120 valence electrons. The van der Waals surface area contributed by atoms with Crippen molar-refractivity contribution in [3.05, 3.63) is 59.8 Å². The third-order valence-electron chi connectivity index (χ3n) is 3.57. The van der Waals surface area contributed by atoms with Gasteiger partial charge >= 0.3 is 0 Å². The van der Waals surface area contributed by atoms with Crippen LogP contribution in [0.15, 0.2) is 52.2 Å². The average molecular weight is 338 g/mol. The van der Waals surface area contributed by atoms with Gasteiger partial charge in [0.2, 0.25) is 5.16 Å². The van der Waals surface area contributed by atoms with Crippen molar-refractivity contribution >= 4 is 22.8 Å². The van der Waals surface area contributed by atoms with Gasteiger partial charge in [-0.3, -0.25) is 0 Å². The number of hydrogen-bond donors (Lipinski definition) is 0. The molecule has 0 fully saturated rings. The van der Waals surface area contributed by atoms with Crippen LogP contribution in [0.4, 0.5) is 0 Å². The summed E-state index contributed by atoms with van der Waals surface area (Å²) < 4.78 is 7.06. The van der Waals surface area contributed by atoms with E-state index in [0.717, 1.165) is 33.3 Å². The number of fused-ring (bicyclic) bond motifs is 1. The zero-order chi connectivity index (χ0) is 16.4. The van der Waals surface area contributed by atoms with Gasteiger partial charge < -0.3 is 4.42 Å². The van der Waals surface area contributed by atoms with Crippen LogP contribution in [-0.4, -0.2) is 30.2 Å². The summed E-state index contributed by atoms with van der Waals surface area (Å²) in [5, 5.41) is 12.6. The van der Waals surface area contributed by atoms with Crippen molar-refractivity contribution in [3.8, 4) is 0 Å². The van der Waals surface area contributed by atoms with E-state index >= 15 is 0 Å². The number of nitrogens with zero attached hydrogens (tertiary/aromatic N) is 6. The fourth-order valence-electron chi connectivity index (χ4n) is 2.34. The fourth-order valence-corrected chi connectivity index (χ4v) is 3.23. The van der Waals surface area contributed by atoms with E-state index < -0.39 is 0 Å². The summed E-state index contributed by atoms with van der Waals surface area (Å²) in [6.07, 6.45) is 1.64. The smallest absolute Gasteiger partial charge is 0.210 e. The van der Waals surface area contributed by atoms with Crippen LogP contribution in [0.1, 0.15) is 17.1 Å². The molecule has 1 aromatic carbocycles. The Labute approximate surface area is 142 Å². The maximum Gasteiger partial charge on any atom is 0.210 e. The van der Waals surface area contributed by atoms with Crippen LogP contribution < -0.4 is 0 Å². The van der Waals surface area contributed by atoms with Gasteiger partial charge in [0, 0.05) is 5.75 Å². The largest absolute Gasteiger partial charge is 0.467 e. The monoisotopic (exact) mass is 338 g/mol. The van der Waals surface area contributed by atoms with Crippen molar-refractivity contribution < 1.29 is 4.42 Å². The molecule has 0 radical (unpaired) electrons. The Kier molecular flexibility index (Phi) is 3.96. The average Bonchev–Trinajstić information content (AvgIpc) is 3.25. The molecule has 0 amide bonds. The number of aromatic nitrogens is 6. The Morgan fingerprint density at radius 2 is 1.92 bits per heavy atom. The van der Waals surface area contributed by atoms with Crippen LogP contribution in [-0.2, 0) is 12.3 Å². The standard InChI is InChI=1S/C16H14N6OS/c1-11-15(18-14-7-3-2-6-13(14)17-11)10-24-16-19-20-21-22(16)9-12-5-4-8-23-12/h2-8H,9-10H2,1H3. The number of tetrazole rings is 1. The maximum absolute atomic E-state index is 5.34. The van der Waals surface area contributed by atoms with Gasteiger partial charge in [-0.1, -0.05) is 23.9 Å². The maximum atomic E-state index is 5.34. The topological polar surface area (TPSA) is 82.5 Å². The third-order valence-corrected chi connectivity index (χ3v) is 4.53. The van der Waals surface area contributed by atoms with Gasteiger partial charge in [0.25, 0.3) is 0 Å². The summed E-state index contributed by atoms with van der Waals surface area (Å²) in [7, 11) is 0. The first-order valence-corrected chi connectivity index (χ1v) is 8.42. The number of benzene rings is 1. The zero-order valence-corrected chi connectivity index (χ0v) is 13.8. The molecule has 0 saturated carbocycles. The number of para-hydroxylation sites is 2. The second kappa shape index (κ2) is 6.40. The molecule has 3 heterocycles. The Morgan fingerprint density at radius 3 is 2.71 bits per heavy atom. The van der Waals surface area contributed by atoms with E-state index in [-0.39, 0.29) is 0 Å². The molecule has 3 aromatic heterocycles. The molecule has 24 heavy (non-hydrogen) atoms. The lowest BCUT2D eigenvalue weighted by atomic mass is 10.2. The Morgan fingerprint density at radius 1 is 1.08 bits per heavy atom. The molecule has 8 heteroatoms. The summed E-state index contributed by atoms with van der Waals surface area (Å²) in [4.78, 5) is 9.31. The highest BCUT2D eigenvalue weighted by Crippen LogP contribution is 2.22. The molecule has 0 aliphatic heterocycles. The van der Waals surface area contributed by atoms with Crippen LogP contribution in [0.25, 0.3) is 11.0 Å². The first-order valence-electron chi connectivity index (χ1n) is 7.43. The predicted molar refractivity (Wildman–Crippen MR) is 89.5 cm³/mol. The highest BCUT2D eigenvalue weighted by molar-refractivity contribution is 7.98. The predicted octanol–water partition coefficient (Wildman–Crippen LogP) is 2.86. The Balaban J connectivity index is 1.53. The lowest BCUT2D eigenvalue weighted by Gasteiger charge is -2.06. The van der Waals surface area contributed by atoms with Crippen LogP contribution in [0, 0.1) is 6.92 Å². The second-order valence-corrected chi connectivity index (χ2v) is 6.17. The minimum absolute atomic E-state index is 0.505. The van der Waals surface area contributed by atoms with Crippen molar-refractivity contribution in [1.82, 2.24) is 30.2 Å². The molecular formula is C16H14N6OS. The summed E-state index contributed by atoms with van der Waals surface area (Å²) in [6.45, 7) is 2.48. The molecule has 0 aliphatic rings. The van der Waals surface area contributed by atoms with Crippen molar-refractivity contribution in [2.45, 2.75) is 24.4 Å². The number of thioether (sulfide) groups is 1. The van der Waals surface area contributed by atoms with E-state index in [1.165, 1.54) is 11.8 Å². The Bertz CT molecular complexity index is 966. The minimum Gasteiger partial charge on any atom is -0.467 e. The fraction of sp³-hybridized carbons (Fsp3) is 0.188. The van der Waals surface area contributed by atoms with E-state index in [1.54, 1.807) is 10.9 Å². The van der Waals surface area contributed by atoms with Crippen molar-refractivity contribution in [1.29, 1.82) is 0 Å². The number of rotatable bonds is 5. The molecular weight excluding hydrogens is 324 g/mol. The highest BCUT2D eigenvalue weighted by atomic mass is 32.2. The van der Waals surface area contributed by atoms with E-state index in [0.29, 0.717) is 12.3 Å². The van der Waals surface area contributed by atoms with Gasteiger partial charge in [0.05, 0.1) is 28.7 Å². The van der Waals surface area contributed by atoms with Gasteiger partial charge in [-0.15, -0.1) is 5.10 Å². The van der Waals surface area contributed by atoms with Gasteiger partial charge in [0.15, 0.2) is 0 Å². The number of hydrogen-bond acceptors (Lipinski definition) is 7. The molecule has 0 atom stereocenters. The third kappa shape index (κ3) is 3.00. The molecule has 0 bridgehead atoms. The van der Waals surface area contributed by atoms with Gasteiger partial charge in [-0.05, 0) is 41.6 Å². The van der Waals surface area contributed by atoms with Crippen LogP contribution in [0.5, 0.6) is 0 Å². The number of aryl methyl sites for hydroxylation is 1. The SMILES string of the molecule is Cc1nc2ccccc2nc1CSc1nnnn1Cc1ccco1. The van der Waals surface area contributed by atoms with E-state index in [1.807, 2.05) is 43.3 Å². The number of furan rings is 1. The molecule has 4 aromatic rings. The first-order chi connectivity index (χ1) is 11.8. The summed E-state index contributed by atoms with van der Waals surface area (Å²) >= 11 is 1.53. The first kappa shape index (κ1) is 14.8. The zero-order valence-electron chi connectivity index (χ0n) is 13.0. The van der Waals surface area contributed by atoms with Crippen molar-refractivity contribution in [2.75, 3.05) is 0 Å². The quantitative estimate of drug-likeness (QED) is 0.517. The molecule has 0 spiro atoms. The van der Waals surface area contributed by atoms with Crippen molar-refractivity contribution in [3.63, 3.8) is 0 Å². The van der Waals surface area contributed by atoms with Gasteiger partial charge in [-0.2, -0.15) is 0 Å². The minimum atomic E-state index is 0.505. The summed E-state index contributed by atoms with van der Waals surface area (Å²) in [5.74, 6) is 1.47. The van der Waals surface area contributed by atoms with Crippen molar-refractivity contribution in [2.24, 2.45) is 0 Å². The molecule has 0 saturated heterocycles. The molecule has 7 nitrogen and oxygen atoms in total. The van der Waals surface area contributed by atoms with E-state index in [2.05, 4.69) is 20.5 Å². The lowest BCUT2D eigenvalue weighted by molar-refractivity contribution is 0.462. The van der Waals surface area contributed by atoms with Crippen LogP contribution in [0.3, 0.4) is 0 Å². The molecule has 4 rings (SSSR count). The van der Waals surface area contributed by atoms with Gasteiger partial charge in [-0.25, -0.2) is 14.6 Å². The Hall–Kier alpha value is -2.74. The second-order valence-electron chi connectivity index (χ2n) is 5.23. The summed E-state index contributed by atoms with van der Waals surface area (Å²) in [6, 6.07) is 11.6. The summed E-state index contributed by atoms with van der Waals surface area (Å²) in [5.41, 5.74) is 3.66. The van der Waals surface area contributed by atoms with Gasteiger partial charge in [0.1, 0.15) is 12.3 Å². The molecule has 0 N–H and O–H groups in total. The van der Waals surface area contributed by atoms with E-state index in [4.69, 9.17) is 9.40 Å². The highest BCUT2D eigenvalue weighted by Gasteiger charge is 2.11. The van der Waals surface area contributed by atoms with Crippen LogP contribution >= 0.6 is 11.8 Å². The van der Waals surface area contributed by atoms with E-state index in [9.17, 15) is 0 Å². The molecule has 0 unspecified atom stereocenters.